The zero-order chi connectivity index (χ0) is 12.8. The summed E-state index contributed by atoms with van der Waals surface area (Å²) >= 11 is 0. The Bertz CT molecular complexity index is 346. The molecule has 2 aliphatic carbocycles. The zero-order valence-electron chi connectivity index (χ0n) is 11.1. The van der Waals surface area contributed by atoms with E-state index in [4.69, 9.17) is 11.5 Å². The van der Waals surface area contributed by atoms with E-state index in [1.54, 1.807) is 0 Å². The molecule has 2 saturated carbocycles. The van der Waals surface area contributed by atoms with E-state index < -0.39 is 5.54 Å². The summed E-state index contributed by atoms with van der Waals surface area (Å²) in [5, 5.41) is 0. The highest BCUT2D eigenvalue weighted by atomic mass is 16.1. The number of fused-ring (bicyclic) bond motifs is 1. The normalized spacial score (nSPS) is 45.1. The molecule has 18 heavy (non-hydrogen) atoms. The second-order valence-electron chi connectivity index (χ2n) is 6.56. The molecule has 4 heteroatoms. The van der Waals surface area contributed by atoms with E-state index in [1.165, 1.54) is 38.6 Å². The number of nitrogens with zero attached hydrogens (tertiary/aromatic N) is 1. The molecule has 0 aromatic heterocycles. The highest BCUT2D eigenvalue weighted by Crippen LogP contribution is 2.41. The molecule has 4 unspecified atom stereocenters. The molecule has 3 aliphatic rings. The Morgan fingerprint density at radius 3 is 2.67 bits per heavy atom. The van der Waals surface area contributed by atoms with Crippen molar-refractivity contribution in [2.24, 2.45) is 17.4 Å². The van der Waals surface area contributed by atoms with Gasteiger partial charge >= 0.3 is 0 Å². The van der Waals surface area contributed by atoms with Gasteiger partial charge in [-0.2, -0.15) is 0 Å². The lowest BCUT2D eigenvalue weighted by atomic mass is 9.85. The van der Waals surface area contributed by atoms with E-state index >= 15 is 0 Å². The molecular formula is C14H25N3O. The van der Waals surface area contributed by atoms with Crippen LogP contribution in [0.4, 0.5) is 0 Å². The maximum absolute atomic E-state index is 11.4. The van der Waals surface area contributed by atoms with Crippen LogP contribution in [0.5, 0.6) is 0 Å². The van der Waals surface area contributed by atoms with E-state index in [0.29, 0.717) is 6.04 Å². The lowest BCUT2D eigenvalue weighted by molar-refractivity contribution is -0.123. The number of rotatable bonds is 2. The first-order chi connectivity index (χ1) is 8.60. The van der Waals surface area contributed by atoms with E-state index in [-0.39, 0.29) is 5.91 Å². The molecule has 3 rings (SSSR count). The van der Waals surface area contributed by atoms with Gasteiger partial charge in [0.1, 0.15) is 0 Å². The first-order valence-corrected chi connectivity index (χ1v) is 7.45. The number of hydrogen-bond acceptors (Lipinski definition) is 3. The molecule has 4 atom stereocenters. The van der Waals surface area contributed by atoms with E-state index in [2.05, 4.69) is 4.90 Å². The predicted molar refractivity (Wildman–Crippen MR) is 70.8 cm³/mol. The third-order valence-electron chi connectivity index (χ3n) is 5.54. The van der Waals surface area contributed by atoms with Crippen LogP contribution in [-0.2, 0) is 4.79 Å². The van der Waals surface area contributed by atoms with Crippen LogP contribution in [0.15, 0.2) is 0 Å². The predicted octanol–water partition coefficient (Wildman–Crippen LogP) is 0.986. The monoisotopic (exact) mass is 251 g/mol. The van der Waals surface area contributed by atoms with Crippen LogP contribution in [0.2, 0.25) is 0 Å². The van der Waals surface area contributed by atoms with E-state index in [9.17, 15) is 4.79 Å². The van der Waals surface area contributed by atoms with Gasteiger partial charge in [0.05, 0.1) is 5.54 Å². The fraction of sp³-hybridized carbons (Fsp3) is 0.929. The van der Waals surface area contributed by atoms with Crippen LogP contribution in [0.1, 0.15) is 51.4 Å². The van der Waals surface area contributed by atoms with Crippen molar-refractivity contribution < 1.29 is 4.79 Å². The maximum Gasteiger partial charge on any atom is 0.237 e. The lowest BCUT2D eigenvalue weighted by Crippen LogP contribution is -2.51. The molecule has 0 aromatic carbocycles. The molecule has 4 nitrogen and oxygen atoms in total. The Balaban J connectivity index is 1.68. The molecule has 1 heterocycles. The molecule has 4 N–H and O–H groups in total. The summed E-state index contributed by atoms with van der Waals surface area (Å²) in [6.45, 7) is 1.20. The van der Waals surface area contributed by atoms with Crippen molar-refractivity contribution >= 4 is 5.91 Å². The Hall–Kier alpha value is -0.610. The van der Waals surface area contributed by atoms with Gasteiger partial charge in [-0.3, -0.25) is 9.69 Å². The third kappa shape index (κ3) is 1.95. The second kappa shape index (κ2) is 4.49. The lowest BCUT2D eigenvalue weighted by Gasteiger charge is -2.36. The minimum atomic E-state index is -0.739. The summed E-state index contributed by atoms with van der Waals surface area (Å²) in [5.74, 6) is 0.587. The minimum absolute atomic E-state index is 0.315. The van der Waals surface area contributed by atoms with Gasteiger partial charge in [-0.25, -0.2) is 0 Å². The van der Waals surface area contributed by atoms with Crippen molar-refractivity contribution in [2.45, 2.75) is 69.0 Å². The van der Waals surface area contributed by atoms with Crippen LogP contribution in [-0.4, -0.2) is 35.0 Å². The maximum atomic E-state index is 11.4. The molecule has 1 saturated heterocycles. The fourth-order valence-corrected chi connectivity index (χ4v) is 4.45. The van der Waals surface area contributed by atoms with E-state index in [0.717, 1.165) is 31.2 Å². The van der Waals surface area contributed by atoms with Gasteiger partial charge < -0.3 is 11.5 Å². The first-order valence-electron chi connectivity index (χ1n) is 7.45. The van der Waals surface area contributed by atoms with Gasteiger partial charge in [0.15, 0.2) is 0 Å². The van der Waals surface area contributed by atoms with Gasteiger partial charge in [-0.05, 0) is 51.0 Å². The Morgan fingerprint density at radius 2 is 1.94 bits per heavy atom. The summed E-state index contributed by atoms with van der Waals surface area (Å²) in [6, 6.07) is 1.26. The molecular weight excluding hydrogens is 226 g/mol. The highest BCUT2D eigenvalue weighted by molar-refractivity contribution is 5.84. The van der Waals surface area contributed by atoms with Crippen LogP contribution >= 0.6 is 0 Å². The largest absolute Gasteiger partial charge is 0.368 e. The first kappa shape index (κ1) is 12.4. The van der Waals surface area contributed by atoms with Crippen molar-refractivity contribution in [3.05, 3.63) is 0 Å². The smallest absolute Gasteiger partial charge is 0.237 e. The highest BCUT2D eigenvalue weighted by Gasteiger charge is 2.46. The number of primary amides is 1. The second-order valence-corrected chi connectivity index (χ2v) is 6.56. The number of likely N-dealkylation sites (tertiary alicyclic amines) is 1. The molecule has 0 bridgehead atoms. The minimum Gasteiger partial charge on any atom is -0.368 e. The standard InChI is InChI=1S/C14H25N3O/c15-13(18)14(16)7-5-11(9-14)17-8-6-10-3-1-2-4-12(10)17/h10-12H,1-9,16H2,(H2,15,18). The van der Waals surface area contributed by atoms with Gasteiger partial charge in [0, 0.05) is 12.1 Å². The van der Waals surface area contributed by atoms with Gasteiger partial charge in [-0.1, -0.05) is 12.8 Å². The third-order valence-corrected chi connectivity index (χ3v) is 5.54. The number of carbonyl (C=O) groups excluding carboxylic acids is 1. The average molecular weight is 251 g/mol. The number of amides is 1. The molecule has 3 fully saturated rings. The number of nitrogens with two attached hydrogens (primary N) is 2. The van der Waals surface area contributed by atoms with Gasteiger partial charge in [0.2, 0.25) is 5.91 Å². The molecule has 102 valence electrons. The van der Waals surface area contributed by atoms with Crippen LogP contribution in [0.3, 0.4) is 0 Å². The zero-order valence-corrected chi connectivity index (χ0v) is 11.1. The van der Waals surface area contributed by atoms with Gasteiger partial charge in [-0.15, -0.1) is 0 Å². The summed E-state index contributed by atoms with van der Waals surface area (Å²) in [4.78, 5) is 14.1. The number of carbonyl (C=O) groups is 1. The summed E-state index contributed by atoms with van der Waals surface area (Å²) in [7, 11) is 0. The molecule has 1 amide bonds. The molecule has 0 spiro atoms. The molecule has 0 radical (unpaired) electrons. The number of hydrogen-bond donors (Lipinski definition) is 2. The Kier molecular flexibility index (Phi) is 3.10. The fourth-order valence-electron chi connectivity index (χ4n) is 4.45. The summed E-state index contributed by atoms with van der Waals surface area (Å²) in [5.41, 5.74) is 10.8. The summed E-state index contributed by atoms with van der Waals surface area (Å²) < 4.78 is 0. The summed E-state index contributed by atoms with van der Waals surface area (Å²) in [6.07, 6.45) is 9.44. The Labute approximate surface area is 109 Å². The van der Waals surface area contributed by atoms with Crippen molar-refractivity contribution in [3.8, 4) is 0 Å². The van der Waals surface area contributed by atoms with Crippen LogP contribution in [0.25, 0.3) is 0 Å². The van der Waals surface area contributed by atoms with Crippen molar-refractivity contribution in [3.63, 3.8) is 0 Å². The molecule has 1 aliphatic heterocycles. The van der Waals surface area contributed by atoms with Crippen molar-refractivity contribution in [1.29, 1.82) is 0 Å². The quantitative estimate of drug-likeness (QED) is 0.768. The van der Waals surface area contributed by atoms with Crippen LogP contribution in [0, 0.1) is 5.92 Å². The Morgan fingerprint density at radius 1 is 1.17 bits per heavy atom. The topological polar surface area (TPSA) is 72.3 Å². The molecule has 0 aromatic rings. The van der Waals surface area contributed by atoms with Gasteiger partial charge in [0.25, 0.3) is 0 Å². The van der Waals surface area contributed by atoms with E-state index in [1.807, 2.05) is 0 Å². The van der Waals surface area contributed by atoms with Crippen molar-refractivity contribution in [1.82, 2.24) is 4.90 Å². The average Bonchev–Trinajstić information content (AvgIpc) is 2.93. The van der Waals surface area contributed by atoms with Crippen LogP contribution < -0.4 is 11.5 Å². The van der Waals surface area contributed by atoms with Crippen molar-refractivity contribution in [2.75, 3.05) is 6.54 Å². The SMILES string of the molecule is NC(=O)C1(N)CCC(N2CCC3CCCCC32)C1.